The van der Waals surface area contributed by atoms with Gasteiger partial charge in [-0.15, -0.1) is 0 Å². The Kier molecular flexibility index (Phi) is 3.92. The molecule has 0 aliphatic heterocycles. The summed E-state index contributed by atoms with van der Waals surface area (Å²) in [5, 5.41) is 3.13. The van der Waals surface area contributed by atoms with Gasteiger partial charge in [0, 0.05) is 31.5 Å². The Morgan fingerprint density at radius 3 is 2.72 bits per heavy atom. The Bertz CT molecular complexity index is 518. The fourth-order valence-corrected chi connectivity index (χ4v) is 2.09. The summed E-state index contributed by atoms with van der Waals surface area (Å²) in [7, 11) is 1.89. The minimum atomic E-state index is 0.889. The molecule has 0 atom stereocenters. The van der Waals surface area contributed by atoms with Crippen LogP contribution in [-0.2, 0) is 13.0 Å². The van der Waals surface area contributed by atoms with E-state index < -0.39 is 0 Å². The maximum atomic E-state index is 4.42. The molecule has 2 rings (SSSR count). The normalized spacial score (nSPS) is 10.6. The zero-order valence-corrected chi connectivity index (χ0v) is 11.1. The zero-order valence-electron chi connectivity index (χ0n) is 11.1. The highest BCUT2D eigenvalue weighted by Crippen LogP contribution is 2.25. The van der Waals surface area contributed by atoms with Crippen LogP contribution >= 0.6 is 0 Å². The second-order valence-corrected chi connectivity index (χ2v) is 4.09. The lowest BCUT2D eigenvalue weighted by Crippen LogP contribution is -2.06. The van der Waals surface area contributed by atoms with E-state index in [0.29, 0.717) is 0 Å². The number of nitrogens with zero attached hydrogens (tertiary/aromatic N) is 4. The Balaban J connectivity index is 2.56. The van der Waals surface area contributed by atoms with E-state index in [1.54, 1.807) is 6.33 Å². The molecule has 2 heterocycles. The summed E-state index contributed by atoms with van der Waals surface area (Å²) in [5.74, 6) is 1.81. The smallest absolute Gasteiger partial charge is 0.159 e. The predicted molar refractivity (Wildman–Crippen MR) is 72.5 cm³/mol. The summed E-state index contributed by atoms with van der Waals surface area (Å²) >= 11 is 0. The molecule has 5 heteroatoms. The van der Waals surface area contributed by atoms with Gasteiger partial charge in [-0.3, -0.25) is 0 Å². The first-order chi connectivity index (χ1) is 8.81. The van der Waals surface area contributed by atoms with Gasteiger partial charge in [-0.2, -0.15) is 0 Å². The molecular formula is C13H19N5. The monoisotopic (exact) mass is 245 g/mol. The Morgan fingerprint density at radius 2 is 2.06 bits per heavy atom. The van der Waals surface area contributed by atoms with Crippen LogP contribution in [0.5, 0.6) is 0 Å². The molecular weight excluding hydrogens is 226 g/mol. The van der Waals surface area contributed by atoms with Gasteiger partial charge in [0.1, 0.15) is 17.8 Å². The van der Waals surface area contributed by atoms with E-state index in [-0.39, 0.29) is 0 Å². The lowest BCUT2D eigenvalue weighted by molar-refractivity contribution is 0.764. The van der Waals surface area contributed by atoms with Crippen LogP contribution in [0.3, 0.4) is 0 Å². The third-order valence-electron chi connectivity index (χ3n) is 2.95. The first-order valence-electron chi connectivity index (χ1n) is 6.34. The number of nitrogens with one attached hydrogen (secondary N) is 1. The Hall–Kier alpha value is -1.91. The maximum Gasteiger partial charge on any atom is 0.159 e. The van der Waals surface area contributed by atoms with Crippen molar-refractivity contribution in [3.8, 4) is 11.5 Å². The van der Waals surface area contributed by atoms with Crippen LogP contribution in [0.15, 0.2) is 18.7 Å². The van der Waals surface area contributed by atoms with Crippen molar-refractivity contribution in [3.05, 3.63) is 24.3 Å². The van der Waals surface area contributed by atoms with Crippen molar-refractivity contribution in [1.82, 2.24) is 19.5 Å². The van der Waals surface area contributed by atoms with Crippen LogP contribution in [0, 0.1) is 0 Å². The molecule has 0 spiro atoms. The van der Waals surface area contributed by atoms with E-state index in [4.69, 9.17) is 0 Å². The van der Waals surface area contributed by atoms with Gasteiger partial charge < -0.3 is 9.88 Å². The Morgan fingerprint density at radius 1 is 1.22 bits per heavy atom. The topological polar surface area (TPSA) is 55.6 Å². The summed E-state index contributed by atoms with van der Waals surface area (Å²) in [6, 6.07) is 0. The summed E-state index contributed by atoms with van der Waals surface area (Å²) < 4.78 is 2.10. The van der Waals surface area contributed by atoms with Crippen LogP contribution in [0.2, 0.25) is 0 Å². The molecule has 0 aromatic carbocycles. The van der Waals surface area contributed by atoms with Gasteiger partial charge in [0.2, 0.25) is 0 Å². The molecule has 1 N–H and O–H groups in total. The fourth-order valence-electron chi connectivity index (χ4n) is 2.09. The van der Waals surface area contributed by atoms with E-state index in [1.165, 1.54) is 0 Å². The molecule has 5 nitrogen and oxygen atoms in total. The standard InChI is InChI=1S/C13H19N5/c1-4-6-10-11(16-9-17-12(10)14-3)13-15-7-8-18(13)5-2/h7-9H,4-6H2,1-3H3,(H,14,16,17). The van der Waals surface area contributed by atoms with Gasteiger partial charge in [-0.25, -0.2) is 15.0 Å². The summed E-state index contributed by atoms with van der Waals surface area (Å²) in [5.41, 5.74) is 2.08. The van der Waals surface area contributed by atoms with Crippen molar-refractivity contribution in [2.75, 3.05) is 12.4 Å². The largest absolute Gasteiger partial charge is 0.373 e. The molecule has 0 amide bonds. The molecule has 2 aromatic rings. The quantitative estimate of drug-likeness (QED) is 0.878. The number of aryl methyl sites for hydroxylation is 1. The van der Waals surface area contributed by atoms with Crippen molar-refractivity contribution >= 4 is 5.82 Å². The molecule has 0 radical (unpaired) electrons. The minimum absolute atomic E-state index is 0.889. The third-order valence-corrected chi connectivity index (χ3v) is 2.95. The van der Waals surface area contributed by atoms with Crippen molar-refractivity contribution in [2.45, 2.75) is 33.2 Å². The molecule has 0 saturated carbocycles. The minimum Gasteiger partial charge on any atom is -0.373 e. The maximum absolute atomic E-state index is 4.42. The highest BCUT2D eigenvalue weighted by Gasteiger charge is 2.15. The molecule has 0 aliphatic rings. The summed E-state index contributed by atoms with van der Waals surface area (Å²) in [4.78, 5) is 13.1. The molecule has 0 bridgehead atoms. The lowest BCUT2D eigenvalue weighted by atomic mass is 10.1. The number of anilines is 1. The molecule has 18 heavy (non-hydrogen) atoms. The molecule has 0 unspecified atom stereocenters. The van der Waals surface area contributed by atoms with E-state index in [1.807, 2.05) is 19.4 Å². The van der Waals surface area contributed by atoms with Gasteiger partial charge in [-0.1, -0.05) is 13.3 Å². The number of aromatic nitrogens is 4. The van der Waals surface area contributed by atoms with Crippen molar-refractivity contribution in [1.29, 1.82) is 0 Å². The van der Waals surface area contributed by atoms with Gasteiger partial charge in [0.15, 0.2) is 5.82 Å². The van der Waals surface area contributed by atoms with E-state index in [9.17, 15) is 0 Å². The van der Waals surface area contributed by atoms with Gasteiger partial charge in [0.25, 0.3) is 0 Å². The second-order valence-electron chi connectivity index (χ2n) is 4.09. The summed E-state index contributed by atoms with van der Waals surface area (Å²) in [6.07, 6.45) is 7.39. The van der Waals surface area contributed by atoms with Crippen molar-refractivity contribution in [2.24, 2.45) is 0 Å². The average Bonchev–Trinajstić information content (AvgIpc) is 2.87. The van der Waals surface area contributed by atoms with E-state index in [0.717, 1.165) is 42.3 Å². The van der Waals surface area contributed by atoms with Crippen molar-refractivity contribution < 1.29 is 0 Å². The highest BCUT2D eigenvalue weighted by atomic mass is 15.1. The van der Waals surface area contributed by atoms with Gasteiger partial charge in [-0.05, 0) is 13.3 Å². The van der Waals surface area contributed by atoms with E-state index in [2.05, 4.69) is 38.7 Å². The average molecular weight is 245 g/mol. The zero-order chi connectivity index (χ0) is 13.0. The third kappa shape index (κ3) is 2.20. The first-order valence-corrected chi connectivity index (χ1v) is 6.34. The molecule has 2 aromatic heterocycles. The van der Waals surface area contributed by atoms with Crippen molar-refractivity contribution in [3.63, 3.8) is 0 Å². The SMILES string of the molecule is CCCc1c(NC)ncnc1-c1nccn1CC. The van der Waals surface area contributed by atoms with Crippen LogP contribution in [0.4, 0.5) is 5.82 Å². The number of hydrogen-bond donors (Lipinski definition) is 1. The van der Waals surface area contributed by atoms with E-state index >= 15 is 0 Å². The lowest BCUT2D eigenvalue weighted by Gasteiger charge is -2.12. The van der Waals surface area contributed by atoms with Gasteiger partial charge >= 0.3 is 0 Å². The molecule has 0 fully saturated rings. The van der Waals surface area contributed by atoms with Crippen LogP contribution < -0.4 is 5.32 Å². The molecule has 0 saturated heterocycles. The predicted octanol–water partition coefficient (Wildman–Crippen LogP) is 2.35. The van der Waals surface area contributed by atoms with Crippen LogP contribution in [0.25, 0.3) is 11.5 Å². The Labute approximate surface area is 107 Å². The number of imidazole rings is 1. The first kappa shape index (κ1) is 12.5. The second kappa shape index (κ2) is 5.62. The number of rotatable bonds is 5. The molecule has 0 aliphatic carbocycles. The number of hydrogen-bond acceptors (Lipinski definition) is 4. The summed E-state index contributed by atoms with van der Waals surface area (Å²) in [6.45, 7) is 5.15. The highest BCUT2D eigenvalue weighted by molar-refractivity contribution is 5.63. The van der Waals surface area contributed by atoms with Crippen LogP contribution in [0.1, 0.15) is 25.8 Å². The molecule has 96 valence electrons. The van der Waals surface area contributed by atoms with Crippen LogP contribution in [-0.4, -0.2) is 26.6 Å². The fraction of sp³-hybridized carbons (Fsp3) is 0.462. The van der Waals surface area contributed by atoms with Gasteiger partial charge in [0.05, 0.1) is 0 Å².